The van der Waals surface area contributed by atoms with Crippen LogP contribution < -0.4 is 0 Å². The van der Waals surface area contributed by atoms with Gasteiger partial charge in [0.25, 0.3) is 0 Å². The summed E-state index contributed by atoms with van der Waals surface area (Å²) in [5, 5.41) is 3.90. The van der Waals surface area contributed by atoms with E-state index >= 15 is 0 Å². The van der Waals surface area contributed by atoms with E-state index in [1.165, 1.54) is 0 Å². The number of aromatic nitrogens is 2. The fraction of sp³-hybridized carbons (Fsp3) is 0.786. The second kappa shape index (κ2) is 4.94. The van der Waals surface area contributed by atoms with Crippen LogP contribution in [0.1, 0.15) is 57.5 Å². The van der Waals surface area contributed by atoms with Crippen LogP contribution in [0, 0.1) is 11.8 Å². The summed E-state index contributed by atoms with van der Waals surface area (Å²) in [7, 11) is 0. The average molecular weight is 265 g/mol. The van der Waals surface area contributed by atoms with Crippen LogP contribution in [-0.4, -0.2) is 34.0 Å². The highest BCUT2D eigenvalue weighted by Gasteiger charge is 2.30. The maximum atomic E-state index is 12.3. The van der Waals surface area contributed by atoms with Gasteiger partial charge in [-0.05, 0) is 18.3 Å². The van der Waals surface area contributed by atoms with Crippen molar-refractivity contribution in [2.75, 3.05) is 13.1 Å². The molecular weight excluding hydrogens is 242 g/mol. The van der Waals surface area contributed by atoms with Gasteiger partial charge in [-0.15, -0.1) is 0 Å². The van der Waals surface area contributed by atoms with Crippen molar-refractivity contribution in [1.82, 2.24) is 15.0 Å². The van der Waals surface area contributed by atoms with Gasteiger partial charge in [0.05, 0.1) is 0 Å². The predicted molar refractivity (Wildman–Crippen MR) is 71.8 cm³/mol. The van der Waals surface area contributed by atoms with E-state index in [0.29, 0.717) is 17.7 Å². The van der Waals surface area contributed by atoms with Crippen LogP contribution in [0.3, 0.4) is 0 Å². The highest BCUT2D eigenvalue weighted by molar-refractivity contribution is 5.89. The molecule has 0 bridgehead atoms. The van der Waals surface area contributed by atoms with Gasteiger partial charge in [0, 0.05) is 18.5 Å². The van der Waals surface area contributed by atoms with Crippen molar-refractivity contribution in [2.24, 2.45) is 11.8 Å². The van der Waals surface area contributed by atoms with Crippen LogP contribution in [0.5, 0.6) is 0 Å². The number of carbonyl (C=O) groups is 1. The van der Waals surface area contributed by atoms with Crippen LogP contribution in [0.4, 0.5) is 0 Å². The molecule has 0 N–H and O–H groups in total. The monoisotopic (exact) mass is 265 g/mol. The Morgan fingerprint density at radius 2 is 2.00 bits per heavy atom. The van der Waals surface area contributed by atoms with Crippen LogP contribution in [-0.2, 0) is 5.41 Å². The summed E-state index contributed by atoms with van der Waals surface area (Å²) in [4.78, 5) is 18.4. The lowest BCUT2D eigenvalue weighted by molar-refractivity contribution is 0.0578. The molecule has 0 aliphatic carbocycles. The Morgan fingerprint density at radius 3 is 2.53 bits per heavy atom. The second-order valence-corrected chi connectivity index (χ2v) is 6.67. The van der Waals surface area contributed by atoms with Gasteiger partial charge >= 0.3 is 11.8 Å². The predicted octanol–water partition coefficient (Wildman–Crippen LogP) is 2.49. The van der Waals surface area contributed by atoms with E-state index in [-0.39, 0.29) is 17.2 Å². The topological polar surface area (TPSA) is 59.2 Å². The van der Waals surface area contributed by atoms with Crippen LogP contribution in [0.15, 0.2) is 4.52 Å². The molecule has 0 saturated carbocycles. The Bertz CT molecular complexity index is 462. The van der Waals surface area contributed by atoms with E-state index in [0.717, 1.165) is 19.5 Å². The van der Waals surface area contributed by atoms with Crippen LogP contribution >= 0.6 is 0 Å². The molecule has 1 aromatic rings. The molecule has 2 heterocycles. The van der Waals surface area contributed by atoms with Gasteiger partial charge < -0.3 is 9.42 Å². The maximum absolute atomic E-state index is 12.3. The van der Waals surface area contributed by atoms with Crippen molar-refractivity contribution in [3.8, 4) is 0 Å². The summed E-state index contributed by atoms with van der Waals surface area (Å²) in [6, 6.07) is 0. The largest absolute Gasteiger partial charge is 0.334 e. The standard InChI is InChI=1S/C14H23N3O2/c1-9-6-7-17(8-10(9)2)12(18)11-15-13(16-19-11)14(3,4)5/h9-10H,6-8H2,1-5H3. The smallest absolute Gasteiger partial charge is 0.316 e. The third-order valence-electron chi connectivity index (χ3n) is 3.90. The first-order chi connectivity index (χ1) is 8.79. The van der Waals surface area contributed by atoms with Gasteiger partial charge in [-0.25, -0.2) is 0 Å². The lowest BCUT2D eigenvalue weighted by Crippen LogP contribution is -2.42. The molecule has 0 aromatic carbocycles. The zero-order chi connectivity index (χ0) is 14.2. The Kier molecular flexibility index (Phi) is 3.65. The molecule has 2 atom stereocenters. The summed E-state index contributed by atoms with van der Waals surface area (Å²) in [5.74, 6) is 1.74. The molecule has 1 saturated heterocycles. The lowest BCUT2D eigenvalue weighted by Gasteiger charge is -2.34. The van der Waals surface area contributed by atoms with Crippen molar-refractivity contribution in [2.45, 2.75) is 46.5 Å². The van der Waals surface area contributed by atoms with Gasteiger partial charge in [0.15, 0.2) is 5.82 Å². The normalized spacial score (nSPS) is 24.6. The third kappa shape index (κ3) is 2.96. The van der Waals surface area contributed by atoms with Crippen molar-refractivity contribution >= 4 is 5.91 Å². The average Bonchev–Trinajstić information content (AvgIpc) is 2.81. The summed E-state index contributed by atoms with van der Waals surface area (Å²) in [6.45, 7) is 11.9. The van der Waals surface area contributed by atoms with Crippen LogP contribution in [0.2, 0.25) is 0 Å². The Labute approximate surface area is 114 Å². The third-order valence-corrected chi connectivity index (χ3v) is 3.90. The summed E-state index contributed by atoms with van der Waals surface area (Å²) < 4.78 is 5.12. The first-order valence-electron chi connectivity index (χ1n) is 6.92. The molecule has 1 aromatic heterocycles. The molecule has 5 heteroatoms. The molecule has 2 unspecified atom stereocenters. The molecule has 1 amide bonds. The molecule has 0 spiro atoms. The molecule has 0 radical (unpaired) electrons. The number of rotatable bonds is 1. The highest BCUT2D eigenvalue weighted by Crippen LogP contribution is 2.24. The lowest BCUT2D eigenvalue weighted by atomic mass is 9.89. The van der Waals surface area contributed by atoms with E-state index in [4.69, 9.17) is 4.52 Å². The zero-order valence-corrected chi connectivity index (χ0v) is 12.4. The van der Waals surface area contributed by atoms with Crippen molar-refractivity contribution in [1.29, 1.82) is 0 Å². The molecule has 1 aliphatic rings. The maximum Gasteiger partial charge on any atom is 0.316 e. The molecule has 1 fully saturated rings. The molecule has 19 heavy (non-hydrogen) atoms. The van der Waals surface area contributed by atoms with Gasteiger partial charge in [-0.1, -0.05) is 39.8 Å². The Morgan fingerprint density at radius 1 is 1.32 bits per heavy atom. The first-order valence-corrected chi connectivity index (χ1v) is 6.92. The van der Waals surface area contributed by atoms with E-state index in [1.807, 2.05) is 25.7 Å². The minimum atomic E-state index is -0.203. The number of carbonyl (C=O) groups excluding carboxylic acids is 1. The number of hydrogen-bond acceptors (Lipinski definition) is 4. The van der Waals surface area contributed by atoms with E-state index in [9.17, 15) is 4.79 Å². The van der Waals surface area contributed by atoms with E-state index in [2.05, 4.69) is 24.0 Å². The summed E-state index contributed by atoms with van der Waals surface area (Å²) in [6.07, 6.45) is 1.03. The summed E-state index contributed by atoms with van der Waals surface area (Å²) in [5.41, 5.74) is -0.203. The molecule has 106 valence electrons. The first kappa shape index (κ1) is 14.0. The van der Waals surface area contributed by atoms with Gasteiger partial charge in [-0.3, -0.25) is 4.79 Å². The Balaban J connectivity index is 2.10. The van der Waals surface area contributed by atoms with Gasteiger partial charge in [0.2, 0.25) is 0 Å². The van der Waals surface area contributed by atoms with Crippen molar-refractivity contribution < 1.29 is 9.32 Å². The van der Waals surface area contributed by atoms with E-state index < -0.39 is 0 Å². The van der Waals surface area contributed by atoms with Crippen molar-refractivity contribution in [3.63, 3.8) is 0 Å². The van der Waals surface area contributed by atoms with Crippen molar-refractivity contribution in [3.05, 3.63) is 11.7 Å². The number of likely N-dealkylation sites (tertiary alicyclic amines) is 1. The minimum absolute atomic E-state index is 0.117. The number of nitrogens with zero attached hydrogens (tertiary/aromatic N) is 3. The SMILES string of the molecule is CC1CCN(C(=O)c2nc(C(C)(C)C)no2)CC1C. The zero-order valence-electron chi connectivity index (χ0n) is 12.4. The molecule has 1 aliphatic heterocycles. The van der Waals surface area contributed by atoms with Gasteiger partial charge in [0.1, 0.15) is 0 Å². The quantitative estimate of drug-likeness (QED) is 0.782. The second-order valence-electron chi connectivity index (χ2n) is 6.67. The molecular formula is C14H23N3O2. The number of hydrogen-bond donors (Lipinski definition) is 0. The van der Waals surface area contributed by atoms with E-state index in [1.54, 1.807) is 0 Å². The fourth-order valence-corrected chi connectivity index (χ4v) is 2.20. The Hall–Kier alpha value is -1.39. The van der Waals surface area contributed by atoms with Crippen LogP contribution in [0.25, 0.3) is 0 Å². The number of amides is 1. The number of piperidine rings is 1. The minimum Gasteiger partial charge on any atom is -0.334 e. The fourth-order valence-electron chi connectivity index (χ4n) is 2.20. The highest BCUT2D eigenvalue weighted by atomic mass is 16.5. The molecule has 2 rings (SSSR count). The summed E-state index contributed by atoms with van der Waals surface area (Å²) >= 11 is 0. The molecule has 5 nitrogen and oxygen atoms in total. The van der Waals surface area contributed by atoms with Gasteiger partial charge in [-0.2, -0.15) is 4.98 Å².